The average Bonchev–Trinajstić information content (AvgIpc) is 2.73. The SMILES string of the molecule is N#Cc1cccc(C[C@H](NC(=O)O)C(=O)N2CCN(c3ccccc3)CC2)c1. The molecular weight excluding hydrogens is 356 g/mol. The largest absolute Gasteiger partial charge is 0.465 e. The van der Waals surface area contributed by atoms with Gasteiger partial charge in [0.2, 0.25) is 5.91 Å². The van der Waals surface area contributed by atoms with Crippen molar-refractivity contribution in [1.82, 2.24) is 10.2 Å². The Morgan fingerprint density at radius 3 is 2.43 bits per heavy atom. The molecule has 28 heavy (non-hydrogen) atoms. The highest BCUT2D eigenvalue weighted by Crippen LogP contribution is 2.17. The minimum atomic E-state index is -1.24. The topological polar surface area (TPSA) is 96.7 Å². The zero-order valence-electron chi connectivity index (χ0n) is 15.4. The van der Waals surface area contributed by atoms with E-state index in [1.54, 1.807) is 29.2 Å². The van der Waals surface area contributed by atoms with E-state index in [4.69, 9.17) is 10.4 Å². The van der Waals surface area contributed by atoms with Gasteiger partial charge in [-0.2, -0.15) is 5.26 Å². The third kappa shape index (κ3) is 4.80. The summed E-state index contributed by atoms with van der Waals surface area (Å²) in [6, 6.07) is 18.0. The molecule has 0 radical (unpaired) electrons. The molecule has 2 N–H and O–H groups in total. The van der Waals surface area contributed by atoms with Crippen LogP contribution in [-0.2, 0) is 11.2 Å². The maximum Gasteiger partial charge on any atom is 0.405 e. The summed E-state index contributed by atoms with van der Waals surface area (Å²) in [5, 5.41) is 20.5. The highest BCUT2D eigenvalue weighted by Gasteiger charge is 2.29. The number of piperazine rings is 1. The van der Waals surface area contributed by atoms with Crippen LogP contribution >= 0.6 is 0 Å². The number of anilines is 1. The molecule has 0 spiro atoms. The Morgan fingerprint density at radius 2 is 1.79 bits per heavy atom. The zero-order chi connectivity index (χ0) is 19.9. The first-order valence-electron chi connectivity index (χ1n) is 9.14. The first-order valence-corrected chi connectivity index (χ1v) is 9.14. The Hall–Kier alpha value is -3.53. The molecule has 3 rings (SSSR count). The van der Waals surface area contributed by atoms with Gasteiger partial charge in [0.1, 0.15) is 6.04 Å². The second kappa shape index (κ2) is 8.91. The van der Waals surface area contributed by atoms with E-state index in [0.717, 1.165) is 11.3 Å². The summed E-state index contributed by atoms with van der Waals surface area (Å²) in [4.78, 5) is 28.1. The molecule has 7 nitrogen and oxygen atoms in total. The molecule has 1 fully saturated rings. The Labute approximate surface area is 163 Å². The van der Waals surface area contributed by atoms with E-state index < -0.39 is 12.1 Å². The number of amides is 2. The normalized spacial score (nSPS) is 14.8. The highest BCUT2D eigenvalue weighted by molar-refractivity contribution is 5.86. The summed E-state index contributed by atoms with van der Waals surface area (Å²) in [5.41, 5.74) is 2.34. The van der Waals surface area contributed by atoms with Crippen molar-refractivity contribution in [2.24, 2.45) is 0 Å². The highest BCUT2D eigenvalue weighted by atomic mass is 16.4. The lowest BCUT2D eigenvalue weighted by molar-refractivity contribution is -0.133. The number of hydrogen-bond donors (Lipinski definition) is 2. The van der Waals surface area contributed by atoms with Crippen molar-refractivity contribution in [2.45, 2.75) is 12.5 Å². The van der Waals surface area contributed by atoms with Crippen LogP contribution in [0.5, 0.6) is 0 Å². The van der Waals surface area contributed by atoms with E-state index >= 15 is 0 Å². The molecule has 2 amide bonds. The predicted octanol–water partition coefficient (Wildman–Crippen LogP) is 2.09. The molecule has 144 valence electrons. The molecule has 2 aromatic rings. The van der Waals surface area contributed by atoms with Crippen molar-refractivity contribution in [3.8, 4) is 6.07 Å². The molecule has 0 aromatic heterocycles. The van der Waals surface area contributed by atoms with Crippen molar-refractivity contribution in [1.29, 1.82) is 5.26 Å². The van der Waals surface area contributed by atoms with Crippen molar-refractivity contribution >= 4 is 17.7 Å². The average molecular weight is 378 g/mol. The van der Waals surface area contributed by atoms with Crippen LogP contribution < -0.4 is 10.2 Å². The van der Waals surface area contributed by atoms with Gasteiger partial charge in [0, 0.05) is 38.3 Å². The third-order valence-electron chi connectivity index (χ3n) is 4.80. The van der Waals surface area contributed by atoms with Gasteiger partial charge in [-0.05, 0) is 29.8 Å². The fourth-order valence-electron chi connectivity index (χ4n) is 3.40. The van der Waals surface area contributed by atoms with Crippen LogP contribution in [-0.4, -0.2) is 54.2 Å². The predicted molar refractivity (Wildman–Crippen MR) is 105 cm³/mol. The minimum Gasteiger partial charge on any atom is -0.465 e. The fourth-order valence-corrected chi connectivity index (χ4v) is 3.40. The number of benzene rings is 2. The van der Waals surface area contributed by atoms with Crippen LogP contribution in [0.2, 0.25) is 0 Å². The number of hydrogen-bond acceptors (Lipinski definition) is 4. The van der Waals surface area contributed by atoms with E-state index in [1.807, 2.05) is 30.3 Å². The Balaban J connectivity index is 1.66. The summed E-state index contributed by atoms with van der Waals surface area (Å²) in [6.45, 7) is 2.45. The number of carbonyl (C=O) groups is 2. The van der Waals surface area contributed by atoms with Crippen LogP contribution in [0, 0.1) is 11.3 Å². The van der Waals surface area contributed by atoms with Gasteiger partial charge in [-0.3, -0.25) is 4.79 Å². The van der Waals surface area contributed by atoms with Crippen molar-refractivity contribution in [3.63, 3.8) is 0 Å². The molecule has 0 aliphatic carbocycles. The Morgan fingerprint density at radius 1 is 1.07 bits per heavy atom. The van der Waals surface area contributed by atoms with Crippen LogP contribution in [0.25, 0.3) is 0 Å². The van der Waals surface area contributed by atoms with Crippen LogP contribution in [0.3, 0.4) is 0 Å². The molecule has 7 heteroatoms. The molecule has 1 aliphatic rings. The summed E-state index contributed by atoms with van der Waals surface area (Å²) < 4.78 is 0. The lowest BCUT2D eigenvalue weighted by Gasteiger charge is -2.37. The maximum absolute atomic E-state index is 13.0. The van der Waals surface area contributed by atoms with Crippen LogP contribution in [0.15, 0.2) is 54.6 Å². The number of nitriles is 1. The fraction of sp³-hybridized carbons (Fsp3) is 0.286. The van der Waals surface area contributed by atoms with Crippen molar-refractivity contribution in [3.05, 3.63) is 65.7 Å². The standard InChI is InChI=1S/C21H22N4O3/c22-15-17-6-4-5-16(13-17)14-19(23-21(27)28)20(26)25-11-9-24(10-12-25)18-7-2-1-3-8-18/h1-8,13,19,23H,9-12,14H2,(H,27,28)/t19-/m0/s1. The maximum atomic E-state index is 13.0. The smallest absolute Gasteiger partial charge is 0.405 e. The van der Waals surface area contributed by atoms with Gasteiger partial charge < -0.3 is 20.2 Å². The molecular formula is C21H22N4O3. The second-order valence-electron chi connectivity index (χ2n) is 6.67. The summed E-state index contributed by atoms with van der Waals surface area (Å²) in [5.74, 6) is -0.238. The second-order valence-corrected chi connectivity index (χ2v) is 6.67. The van der Waals surface area contributed by atoms with E-state index in [9.17, 15) is 9.59 Å². The molecule has 0 bridgehead atoms. The Bertz CT molecular complexity index is 871. The summed E-state index contributed by atoms with van der Waals surface area (Å²) >= 11 is 0. The molecule has 0 saturated carbocycles. The molecule has 1 heterocycles. The number of para-hydroxylation sites is 1. The van der Waals surface area contributed by atoms with E-state index in [2.05, 4.69) is 16.3 Å². The quantitative estimate of drug-likeness (QED) is 0.830. The minimum absolute atomic E-state index is 0.208. The molecule has 1 atom stereocenters. The van der Waals surface area contributed by atoms with Gasteiger partial charge in [0.15, 0.2) is 0 Å². The Kier molecular flexibility index (Phi) is 6.12. The van der Waals surface area contributed by atoms with Gasteiger partial charge in [-0.1, -0.05) is 30.3 Å². The van der Waals surface area contributed by atoms with Crippen LogP contribution in [0.1, 0.15) is 11.1 Å². The number of nitrogens with one attached hydrogen (secondary N) is 1. The lowest BCUT2D eigenvalue weighted by atomic mass is 10.0. The number of carbonyl (C=O) groups excluding carboxylic acids is 1. The van der Waals surface area contributed by atoms with Gasteiger partial charge in [-0.15, -0.1) is 0 Å². The van der Waals surface area contributed by atoms with E-state index in [0.29, 0.717) is 31.7 Å². The number of carboxylic acid groups (broad SMARTS) is 1. The van der Waals surface area contributed by atoms with Crippen molar-refractivity contribution < 1.29 is 14.7 Å². The van der Waals surface area contributed by atoms with Crippen LogP contribution in [0.4, 0.5) is 10.5 Å². The molecule has 1 aliphatic heterocycles. The van der Waals surface area contributed by atoms with Gasteiger partial charge in [0.25, 0.3) is 0 Å². The molecule has 1 saturated heterocycles. The number of nitrogens with zero attached hydrogens (tertiary/aromatic N) is 3. The molecule has 0 unspecified atom stereocenters. The number of rotatable bonds is 5. The molecule has 2 aromatic carbocycles. The van der Waals surface area contributed by atoms with Crippen molar-refractivity contribution in [2.75, 3.05) is 31.1 Å². The zero-order valence-corrected chi connectivity index (χ0v) is 15.4. The lowest BCUT2D eigenvalue weighted by Crippen LogP contribution is -2.55. The monoisotopic (exact) mass is 378 g/mol. The summed E-state index contributed by atoms with van der Waals surface area (Å²) in [6.07, 6.45) is -1.03. The third-order valence-corrected chi connectivity index (χ3v) is 4.80. The van der Waals surface area contributed by atoms with E-state index in [-0.39, 0.29) is 12.3 Å². The van der Waals surface area contributed by atoms with E-state index in [1.165, 1.54) is 0 Å². The van der Waals surface area contributed by atoms with Gasteiger partial charge >= 0.3 is 6.09 Å². The van der Waals surface area contributed by atoms with Gasteiger partial charge in [0.05, 0.1) is 11.6 Å². The first-order chi connectivity index (χ1) is 13.6. The first kappa shape index (κ1) is 19.2. The summed E-state index contributed by atoms with van der Waals surface area (Å²) in [7, 11) is 0. The van der Waals surface area contributed by atoms with Gasteiger partial charge in [-0.25, -0.2) is 4.79 Å².